The number of fused-ring (bicyclic) bond motifs is 8. The monoisotopic (exact) mass is 390 g/mol. The number of rotatable bonds is 0. The molecule has 3 fully saturated rings. The minimum absolute atomic E-state index is 0.412. The van der Waals surface area contributed by atoms with E-state index in [-0.39, 0.29) is 0 Å². The average Bonchev–Trinajstić information content (AvgIpc) is 3.49. The highest BCUT2D eigenvalue weighted by Crippen LogP contribution is 2.31. The zero-order valence-electron chi connectivity index (χ0n) is 17.1. The van der Waals surface area contributed by atoms with E-state index in [2.05, 4.69) is 24.3 Å². The molecule has 8 bridgehead atoms. The highest BCUT2D eigenvalue weighted by atomic mass is 16.5. The van der Waals surface area contributed by atoms with Gasteiger partial charge in [-0.15, -0.1) is 0 Å². The van der Waals surface area contributed by atoms with Gasteiger partial charge in [0.15, 0.2) is 24.4 Å². The highest BCUT2D eigenvalue weighted by molar-refractivity contribution is 5.03. The highest BCUT2D eigenvalue weighted by Gasteiger charge is 2.33. The second-order valence-electron chi connectivity index (χ2n) is 9.56. The van der Waals surface area contributed by atoms with Gasteiger partial charge in [0.1, 0.15) is 0 Å². The van der Waals surface area contributed by atoms with Crippen molar-refractivity contribution in [2.45, 2.75) is 126 Å². The van der Waals surface area contributed by atoms with Crippen LogP contribution < -0.4 is 0 Å². The van der Waals surface area contributed by atoms with Gasteiger partial charge >= 0.3 is 0 Å². The van der Waals surface area contributed by atoms with Gasteiger partial charge in [0.25, 0.3) is 0 Å². The first kappa shape index (κ1) is 19.3. The van der Waals surface area contributed by atoms with Crippen LogP contribution in [0, 0.1) is 0 Å². The molecule has 5 heterocycles. The molecule has 28 heavy (non-hydrogen) atoms. The van der Waals surface area contributed by atoms with Crippen LogP contribution in [0.15, 0.2) is 24.3 Å². The van der Waals surface area contributed by atoms with Crippen LogP contribution in [-0.4, -0.2) is 58.3 Å². The molecule has 0 aromatic carbocycles. The number of hydrogen-bond acceptors (Lipinski definition) is 2. The van der Waals surface area contributed by atoms with E-state index in [0.29, 0.717) is 48.8 Å². The van der Waals surface area contributed by atoms with Crippen molar-refractivity contribution in [1.82, 2.24) is 0 Å². The molecule has 0 aromatic heterocycles. The average molecular weight is 391 g/mol. The Bertz CT molecular complexity index is 479. The molecule has 0 radical (unpaired) electrons. The Morgan fingerprint density at radius 1 is 0.393 bits per heavy atom. The van der Waals surface area contributed by atoms with E-state index in [1.807, 2.05) is 0 Å². The molecule has 5 aliphatic rings. The third kappa shape index (κ3) is 4.89. The second kappa shape index (κ2) is 8.99. The fraction of sp³-hybridized carbons (Fsp3) is 0.833. The summed E-state index contributed by atoms with van der Waals surface area (Å²) in [4.78, 5) is 0. The lowest BCUT2D eigenvalue weighted by Gasteiger charge is -2.18. The minimum atomic E-state index is 0.412. The maximum absolute atomic E-state index is 6.34. The molecule has 5 aliphatic heterocycles. The molecular weight excluding hydrogens is 352 g/mol. The van der Waals surface area contributed by atoms with E-state index in [9.17, 15) is 0 Å². The summed E-state index contributed by atoms with van der Waals surface area (Å²) >= 11 is 0. The third-order valence-electron chi connectivity index (χ3n) is 7.41. The predicted molar refractivity (Wildman–Crippen MR) is 111 cm³/mol. The van der Waals surface area contributed by atoms with Crippen molar-refractivity contribution in [2.24, 2.45) is 0 Å². The lowest BCUT2D eigenvalue weighted by molar-refractivity contribution is -0.121. The predicted octanol–water partition coefficient (Wildman–Crippen LogP) is 3.89. The normalized spacial score (nSPS) is 46.9. The van der Waals surface area contributed by atoms with Gasteiger partial charge in [-0.2, -0.15) is 0 Å². The molecule has 3 saturated heterocycles. The SMILES string of the molecule is C1=CC2CCC3CCC(CCC4C=CC(CCC5CCC(CCC1[OH+]2)O5)[OH+]4)O3. The van der Waals surface area contributed by atoms with Gasteiger partial charge in [0, 0.05) is 25.7 Å². The van der Waals surface area contributed by atoms with Gasteiger partial charge in [-0.25, -0.2) is 0 Å². The lowest BCUT2D eigenvalue weighted by Crippen LogP contribution is -2.23. The zero-order valence-corrected chi connectivity index (χ0v) is 17.1. The lowest BCUT2D eigenvalue weighted by atomic mass is 10.0. The standard InChI is InChI=1S/C24H36O4/c1-2-18-11-12-20-5-6-22(27-20)15-16-24-8-7-23(28-24)14-13-21-4-3-19(26-21)10-9-17(1)25-18/h1-2,7-8,17-24H,3-6,9-16H2/p+2. The first-order valence-corrected chi connectivity index (χ1v) is 11.9. The summed E-state index contributed by atoms with van der Waals surface area (Å²) in [5.41, 5.74) is 0. The molecule has 156 valence electrons. The Hall–Kier alpha value is -0.680. The second-order valence-corrected chi connectivity index (χ2v) is 9.56. The Balaban J connectivity index is 1.17. The Morgan fingerprint density at radius 2 is 0.643 bits per heavy atom. The largest absolute Gasteiger partial charge is 0.423 e. The minimum Gasteiger partial charge on any atom is -0.423 e. The topological polar surface area (TPSA) is 44.1 Å². The Morgan fingerprint density at radius 3 is 0.929 bits per heavy atom. The first-order valence-electron chi connectivity index (χ1n) is 11.9. The van der Waals surface area contributed by atoms with Crippen molar-refractivity contribution in [3.8, 4) is 0 Å². The van der Waals surface area contributed by atoms with Gasteiger partial charge in [0.2, 0.25) is 0 Å². The molecule has 8 atom stereocenters. The van der Waals surface area contributed by atoms with Gasteiger partial charge in [-0.3, -0.25) is 0 Å². The van der Waals surface area contributed by atoms with Crippen molar-refractivity contribution < 1.29 is 18.9 Å². The summed E-state index contributed by atoms with van der Waals surface area (Å²) in [6, 6.07) is 0. The van der Waals surface area contributed by atoms with Gasteiger partial charge < -0.3 is 18.9 Å². The Kier molecular flexibility index (Phi) is 6.20. The van der Waals surface area contributed by atoms with Crippen LogP contribution in [0.4, 0.5) is 0 Å². The smallest absolute Gasteiger partial charge is 0.174 e. The third-order valence-corrected chi connectivity index (χ3v) is 7.41. The molecule has 5 rings (SSSR count). The Labute approximate surface area is 169 Å². The number of ether oxygens (including phenoxy) is 4. The van der Waals surface area contributed by atoms with Crippen LogP contribution in [0.5, 0.6) is 0 Å². The maximum atomic E-state index is 6.34. The molecule has 0 amide bonds. The van der Waals surface area contributed by atoms with Crippen LogP contribution in [0.2, 0.25) is 0 Å². The molecule has 0 saturated carbocycles. The van der Waals surface area contributed by atoms with Crippen LogP contribution >= 0.6 is 0 Å². The van der Waals surface area contributed by atoms with E-state index in [1.54, 1.807) is 0 Å². The fourth-order valence-electron chi connectivity index (χ4n) is 5.72. The first-order chi connectivity index (χ1) is 13.8. The molecule has 2 N–H and O–H groups in total. The molecule has 0 spiro atoms. The fourth-order valence-corrected chi connectivity index (χ4v) is 5.72. The molecule has 8 unspecified atom stereocenters. The number of aliphatic hydroxyl groups is 4. The molecule has 4 heteroatoms. The van der Waals surface area contributed by atoms with E-state index in [4.69, 9.17) is 18.9 Å². The van der Waals surface area contributed by atoms with Crippen LogP contribution in [0.25, 0.3) is 0 Å². The van der Waals surface area contributed by atoms with Crippen molar-refractivity contribution in [1.29, 1.82) is 0 Å². The van der Waals surface area contributed by atoms with Crippen molar-refractivity contribution in [3.63, 3.8) is 0 Å². The zero-order chi connectivity index (χ0) is 18.8. The van der Waals surface area contributed by atoms with Crippen molar-refractivity contribution >= 4 is 0 Å². The summed E-state index contributed by atoms with van der Waals surface area (Å²) < 4.78 is 22.7. The quantitative estimate of drug-likeness (QED) is 0.465. The van der Waals surface area contributed by atoms with E-state index in [1.165, 1.54) is 25.7 Å². The van der Waals surface area contributed by atoms with Crippen molar-refractivity contribution in [3.05, 3.63) is 24.3 Å². The van der Waals surface area contributed by atoms with Crippen LogP contribution in [0.1, 0.15) is 77.0 Å². The van der Waals surface area contributed by atoms with E-state index < -0.39 is 0 Å². The van der Waals surface area contributed by atoms with Crippen LogP contribution in [0.3, 0.4) is 0 Å². The van der Waals surface area contributed by atoms with Gasteiger partial charge in [-0.1, -0.05) is 0 Å². The summed E-state index contributed by atoms with van der Waals surface area (Å²) in [6.07, 6.45) is 26.9. The molecule has 0 aliphatic carbocycles. The molecular formula is C24H38O4+2. The number of hydrogen-bond donors (Lipinski definition) is 0. The van der Waals surface area contributed by atoms with E-state index >= 15 is 0 Å². The van der Waals surface area contributed by atoms with E-state index in [0.717, 1.165) is 51.4 Å². The summed E-state index contributed by atoms with van der Waals surface area (Å²) in [5.74, 6) is 0. The van der Waals surface area contributed by atoms with Gasteiger partial charge in [0.05, 0.1) is 24.4 Å². The summed E-state index contributed by atoms with van der Waals surface area (Å²) in [5, 5.41) is 0. The maximum Gasteiger partial charge on any atom is 0.174 e. The molecule has 4 nitrogen and oxygen atoms in total. The summed E-state index contributed by atoms with van der Waals surface area (Å²) in [7, 11) is 0. The summed E-state index contributed by atoms with van der Waals surface area (Å²) in [6.45, 7) is 0. The van der Waals surface area contributed by atoms with Crippen LogP contribution in [-0.2, 0) is 9.47 Å². The van der Waals surface area contributed by atoms with Gasteiger partial charge in [-0.05, 0) is 75.7 Å². The molecule has 0 aromatic rings. The van der Waals surface area contributed by atoms with Crippen molar-refractivity contribution in [2.75, 3.05) is 0 Å².